The molecule has 0 spiro atoms. The summed E-state index contributed by atoms with van der Waals surface area (Å²) in [6.45, 7) is 3.15. The van der Waals surface area contributed by atoms with Crippen molar-refractivity contribution in [2.75, 3.05) is 6.61 Å². The van der Waals surface area contributed by atoms with Crippen LogP contribution >= 0.6 is 0 Å². The number of unbranched alkanes of at least 4 members (excludes halogenated alkanes) is 13. The Morgan fingerprint density at radius 2 is 0.960 bits per heavy atom. The van der Waals surface area contributed by atoms with Crippen LogP contribution in [0.15, 0.2) is 30.3 Å². The SMILES string of the molecule is CCCCCCCCCCCCCCCCOc1ccccc1.[Na].[Na]. The Hall–Kier alpha value is 1.02. The first-order valence-corrected chi connectivity index (χ1v) is 10.1. The molecule has 0 fully saturated rings. The third kappa shape index (κ3) is 19.6. The molecule has 25 heavy (non-hydrogen) atoms. The van der Waals surface area contributed by atoms with Crippen molar-refractivity contribution in [2.45, 2.75) is 96.8 Å². The zero-order valence-corrected chi connectivity index (χ0v) is 21.4. The summed E-state index contributed by atoms with van der Waals surface area (Å²) in [4.78, 5) is 0. The number of hydrogen-bond donors (Lipinski definition) is 0. The molecule has 0 unspecified atom stereocenters. The van der Waals surface area contributed by atoms with Gasteiger partial charge in [-0.3, -0.25) is 0 Å². The third-order valence-electron chi connectivity index (χ3n) is 4.51. The van der Waals surface area contributed by atoms with Crippen molar-refractivity contribution >= 4 is 59.1 Å². The number of hydrogen-bond acceptors (Lipinski definition) is 1. The van der Waals surface area contributed by atoms with Gasteiger partial charge in [-0.25, -0.2) is 0 Å². The van der Waals surface area contributed by atoms with Crippen LogP contribution in [0.25, 0.3) is 0 Å². The molecule has 3 heteroatoms. The Bertz CT molecular complexity index is 343. The Balaban J connectivity index is 0. The van der Waals surface area contributed by atoms with E-state index < -0.39 is 0 Å². The summed E-state index contributed by atoms with van der Waals surface area (Å²) in [5.74, 6) is 1.00. The van der Waals surface area contributed by atoms with Gasteiger partial charge in [-0.15, -0.1) is 0 Å². The van der Waals surface area contributed by atoms with Crippen molar-refractivity contribution in [2.24, 2.45) is 0 Å². The zero-order chi connectivity index (χ0) is 16.4. The number of para-hydroxylation sites is 1. The predicted molar refractivity (Wildman–Crippen MR) is 114 cm³/mol. The Morgan fingerprint density at radius 1 is 0.560 bits per heavy atom. The Morgan fingerprint density at radius 3 is 1.40 bits per heavy atom. The van der Waals surface area contributed by atoms with Crippen LogP contribution in [0.2, 0.25) is 0 Å². The zero-order valence-electron chi connectivity index (χ0n) is 17.4. The number of ether oxygens (including phenoxy) is 1. The van der Waals surface area contributed by atoms with Gasteiger partial charge >= 0.3 is 0 Å². The van der Waals surface area contributed by atoms with Crippen molar-refractivity contribution in [3.05, 3.63) is 30.3 Å². The summed E-state index contributed by atoms with van der Waals surface area (Å²) in [6, 6.07) is 10.1. The van der Waals surface area contributed by atoms with E-state index in [1.54, 1.807) is 0 Å². The monoisotopic (exact) mass is 364 g/mol. The molecule has 0 saturated carbocycles. The van der Waals surface area contributed by atoms with Crippen LogP contribution in [0, 0.1) is 0 Å². The molecule has 0 aliphatic heterocycles. The topological polar surface area (TPSA) is 9.23 Å². The van der Waals surface area contributed by atoms with E-state index in [4.69, 9.17) is 4.74 Å². The van der Waals surface area contributed by atoms with Crippen LogP contribution in [0.3, 0.4) is 0 Å². The summed E-state index contributed by atoms with van der Waals surface area (Å²) in [6.07, 6.45) is 19.7. The molecule has 0 amide bonds. The van der Waals surface area contributed by atoms with Gasteiger partial charge in [0.05, 0.1) is 6.61 Å². The van der Waals surface area contributed by atoms with Crippen LogP contribution in [-0.2, 0) is 0 Å². The minimum Gasteiger partial charge on any atom is -0.494 e. The molecule has 0 heterocycles. The molecule has 1 nitrogen and oxygen atoms in total. The van der Waals surface area contributed by atoms with E-state index in [-0.39, 0.29) is 59.1 Å². The second-order valence-corrected chi connectivity index (χ2v) is 6.76. The summed E-state index contributed by atoms with van der Waals surface area (Å²) in [7, 11) is 0. The fourth-order valence-corrected chi connectivity index (χ4v) is 3.00. The maximum absolute atomic E-state index is 5.71. The van der Waals surface area contributed by atoms with Crippen LogP contribution < -0.4 is 4.74 Å². The van der Waals surface area contributed by atoms with E-state index in [2.05, 4.69) is 6.92 Å². The van der Waals surface area contributed by atoms with Gasteiger partial charge in [-0.2, -0.15) is 0 Å². The van der Waals surface area contributed by atoms with Crippen molar-refractivity contribution in [1.29, 1.82) is 0 Å². The van der Waals surface area contributed by atoms with Gasteiger partial charge in [0.15, 0.2) is 0 Å². The fourth-order valence-electron chi connectivity index (χ4n) is 3.00. The van der Waals surface area contributed by atoms with Crippen molar-refractivity contribution in [3.8, 4) is 5.75 Å². The summed E-state index contributed by atoms with van der Waals surface area (Å²) in [5, 5.41) is 0. The molecule has 134 valence electrons. The van der Waals surface area contributed by atoms with Gasteiger partial charge in [0.2, 0.25) is 0 Å². The third-order valence-corrected chi connectivity index (χ3v) is 4.51. The average molecular weight is 365 g/mol. The van der Waals surface area contributed by atoms with E-state index in [0.29, 0.717) is 0 Å². The largest absolute Gasteiger partial charge is 0.494 e. The molecule has 0 aliphatic carbocycles. The molecule has 0 atom stereocenters. The van der Waals surface area contributed by atoms with E-state index in [1.807, 2.05) is 30.3 Å². The van der Waals surface area contributed by atoms with Crippen LogP contribution in [0.4, 0.5) is 0 Å². The molecule has 1 aromatic carbocycles. The van der Waals surface area contributed by atoms with Gasteiger partial charge in [-0.1, -0.05) is 109 Å². The molecule has 1 aromatic rings. The van der Waals surface area contributed by atoms with Gasteiger partial charge in [0, 0.05) is 59.1 Å². The van der Waals surface area contributed by atoms with E-state index in [9.17, 15) is 0 Å². The number of benzene rings is 1. The Kier molecular flexibility index (Phi) is 26.0. The minimum absolute atomic E-state index is 0. The van der Waals surface area contributed by atoms with E-state index in [0.717, 1.165) is 12.4 Å². The molecular weight excluding hydrogens is 326 g/mol. The van der Waals surface area contributed by atoms with Crippen LogP contribution in [-0.4, -0.2) is 65.7 Å². The molecule has 0 N–H and O–H groups in total. The molecular formula is C22H38Na2O. The quantitative estimate of drug-likeness (QED) is 0.232. The summed E-state index contributed by atoms with van der Waals surface area (Å²) >= 11 is 0. The van der Waals surface area contributed by atoms with Gasteiger partial charge in [0.25, 0.3) is 0 Å². The smallest absolute Gasteiger partial charge is 0.119 e. The normalized spacial score (nSPS) is 9.96. The van der Waals surface area contributed by atoms with Crippen LogP contribution in [0.5, 0.6) is 5.75 Å². The van der Waals surface area contributed by atoms with Gasteiger partial charge in [-0.05, 0) is 18.6 Å². The van der Waals surface area contributed by atoms with Crippen LogP contribution in [0.1, 0.15) is 96.8 Å². The molecule has 0 aliphatic rings. The van der Waals surface area contributed by atoms with Crippen molar-refractivity contribution in [3.63, 3.8) is 0 Å². The summed E-state index contributed by atoms with van der Waals surface area (Å²) in [5.41, 5.74) is 0. The average Bonchev–Trinajstić information content (AvgIpc) is 2.59. The van der Waals surface area contributed by atoms with Gasteiger partial charge in [0.1, 0.15) is 5.75 Å². The van der Waals surface area contributed by atoms with E-state index >= 15 is 0 Å². The molecule has 1 rings (SSSR count). The first-order chi connectivity index (χ1) is 11.4. The fraction of sp³-hybridized carbons (Fsp3) is 0.727. The standard InChI is InChI=1S/C22H38O.2Na/c1-2-3-4-5-6-7-8-9-10-11-12-13-14-18-21-23-22-19-16-15-17-20-22;;/h15-17,19-20H,2-14,18,21H2,1H3;;. The first-order valence-electron chi connectivity index (χ1n) is 10.1. The van der Waals surface area contributed by atoms with Crippen molar-refractivity contribution < 1.29 is 4.74 Å². The second kappa shape index (κ2) is 23.1. The molecule has 0 aromatic heterocycles. The molecule has 0 bridgehead atoms. The maximum atomic E-state index is 5.71. The molecule has 2 radical (unpaired) electrons. The summed E-state index contributed by atoms with van der Waals surface area (Å²) < 4.78 is 5.71. The maximum Gasteiger partial charge on any atom is 0.119 e. The van der Waals surface area contributed by atoms with Crippen molar-refractivity contribution in [1.82, 2.24) is 0 Å². The minimum atomic E-state index is 0. The first kappa shape index (κ1) is 28.2. The molecule has 0 saturated heterocycles. The Labute approximate surface area is 201 Å². The van der Waals surface area contributed by atoms with E-state index in [1.165, 1.54) is 89.9 Å². The second-order valence-electron chi connectivity index (χ2n) is 6.76. The number of rotatable bonds is 16. The predicted octanol–water partition coefficient (Wildman–Crippen LogP) is 6.79. The van der Waals surface area contributed by atoms with Gasteiger partial charge < -0.3 is 4.74 Å².